The number of aromatic nitrogens is 2. The van der Waals surface area contributed by atoms with Crippen LogP contribution in [0.25, 0.3) is 10.9 Å². The normalized spacial score (nSPS) is 10.3. The molecule has 0 spiro atoms. The summed E-state index contributed by atoms with van der Waals surface area (Å²) in [6.45, 7) is -0.935. The molecule has 1 aromatic carbocycles. The lowest BCUT2D eigenvalue weighted by atomic mass is 10.2. The van der Waals surface area contributed by atoms with Crippen LogP contribution >= 0.6 is 0 Å². The van der Waals surface area contributed by atoms with E-state index in [1.807, 2.05) is 12.1 Å². The number of fused-ring (bicyclic) bond motifs is 1. The maximum atomic E-state index is 10.7. The Bertz CT molecular complexity index is 613. The van der Waals surface area contributed by atoms with E-state index >= 15 is 0 Å². The topological polar surface area (TPSA) is 104 Å². The van der Waals surface area contributed by atoms with Gasteiger partial charge in [-0.2, -0.15) is 0 Å². The molecule has 2 N–H and O–H groups in total. The molecule has 7 nitrogen and oxygen atoms in total. The summed E-state index contributed by atoms with van der Waals surface area (Å²) >= 11 is 0. The van der Waals surface area contributed by atoms with Crippen molar-refractivity contribution in [3.63, 3.8) is 0 Å². The fourth-order valence-corrected chi connectivity index (χ4v) is 1.64. The fourth-order valence-electron chi connectivity index (χ4n) is 1.64. The Kier molecular flexibility index (Phi) is 3.56. The first-order valence-corrected chi connectivity index (χ1v) is 5.46. The minimum atomic E-state index is -1.14. The molecule has 98 valence electrons. The zero-order valence-electron chi connectivity index (χ0n) is 9.85. The van der Waals surface area contributed by atoms with E-state index in [0.29, 0.717) is 5.52 Å². The Morgan fingerprint density at radius 3 is 2.37 bits per heavy atom. The number of carboxylic acid groups (broad SMARTS) is 2. The van der Waals surface area contributed by atoms with E-state index < -0.39 is 25.0 Å². The molecule has 2 rings (SSSR count). The Hall–Kier alpha value is -2.70. The smallest absolute Gasteiger partial charge is 0.323 e. The van der Waals surface area contributed by atoms with Crippen LogP contribution in [0.3, 0.4) is 0 Å². The molecule has 0 unspecified atom stereocenters. The molecule has 2 aromatic rings. The summed E-state index contributed by atoms with van der Waals surface area (Å²) in [5, 5.41) is 18.4. The van der Waals surface area contributed by atoms with Crippen molar-refractivity contribution in [2.24, 2.45) is 0 Å². The molecule has 0 atom stereocenters. The van der Waals surface area contributed by atoms with Crippen molar-refractivity contribution >= 4 is 28.8 Å². The lowest BCUT2D eigenvalue weighted by molar-refractivity contribution is -0.136. The van der Waals surface area contributed by atoms with Crippen molar-refractivity contribution in [3.05, 3.63) is 30.5 Å². The molecule has 7 heteroatoms. The molecular formula is C12H11N3O4. The van der Waals surface area contributed by atoms with Gasteiger partial charge in [0.25, 0.3) is 0 Å². The predicted octanol–water partition coefficient (Wildman–Crippen LogP) is 0.605. The van der Waals surface area contributed by atoms with Gasteiger partial charge in [-0.1, -0.05) is 18.2 Å². The summed E-state index contributed by atoms with van der Waals surface area (Å²) < 4.78 is 0. The van der Waals surface area contributed by atoms with Crippen molar-refractivity contribution in [3.8, 4) is 0 Å². The third kappa shape index (κ3) is 3.15. The van der Waals surface area contributed by atoms with Gasteiger partial charge in [-0.25, -0.2) is 9.97 Å². The van der Waals surface area contributed by atoms with Gasteiger partial charge < -0.3 is 15.1 Å². The van der Waals surface area contributed by atoms with Crippen LogP contribution in [0.4, 0.5) is 5.95 Å². The molecule has 0 fully saturated rings. The highest BCUT2D eigenvalue weighted by atomic mass is 16.4. The molecule has 0 aliphatic heterocycles. The van der Waals surface area contributed by atoms with Gasteiger partial charge in [0.1, 0.15) is 13.1 Å². The molecule has 0 saturated carbocycles. The first-order chi connectivity index (χ1) is 9.06. The zero-order valence-corrected chi connectivity index (χ0v) is 9.85. The molecule has 19 heavy (non-hydrogen) atoms. The largest absolute Gasteiger partial charge is 0.480 e. The Labute approximate surface area is 108 Å². The van der Waals surface area contributed by atoms with Gasteiger partial charge in [0.15, 0.2) is 0 Å². The number of hydrogen-bond acceptors (Lipinski definition) is 5. The van der Waals surface area contributed by atoms with Crippen LogP contribution in [0, 0.1) is 0 Å². The average Bonchev–Trinajstić information content (AvgIpc) is 2.36. The van der Waals surface area contributed by atoms with Crippen LogP contribution in [0.2, 0.25) is 0 Å². The molecule has 0 amide bonds. The molecule has 0 aliphatic rings. The fraction of sp³-hybridized carbons (Fsp3) is 0.167. The molecular weight excluding hydrogens is 250 g/mol. The van der Waals surface area contributed by atoms with Crippen LogP contribution < -0.4 is 4.90 Å². The third-order valence-electron chi connectivity index (χ3n) is 2.41. The van der Waals surface area contributed by atoms with Gasteiger partial charge in [0.05, 0.1) is 5.52 Å². The highest BCUT2D eigenvalue weighted by Crippen LogP contribution is 2.14. The lowest BCUT2D eigenvalue weighted by Gasteiger charge is -2.18. The minimum Gasteiger partial charge on any atom is -0.480 e. The maximum Gasteiger partial charge on any atom is 0.323 e. The van der Waals surface area contributed by atoms with Gasteiger partial charge in [-0.15, -0.1) is 0 Å². The summed E-state index contributed by atoms with van der Waals surface area (Å²) in [6, 6.07) is 7.19. The Balaban J connectivity index is 2.37. The van der Waals surface area contributed by atoms with E-state index in [1.165, 1.54) is 6.20 Å². The molecule has 0 saturated heterocycles. The molecule has 1 heterocycles. The standard InChI is InChI=1S/C12H11N3O4/c16-10(17)6-15(7-11(18)19)12-13-5-8-3-1-2-4-9(8)14-12/h1-5H,6-7H2,(H,16,17)(H,18,19). The molecule has 0 aliphatic carbocycles. The first-order valence-electron chi connectivity index (χ1n) is 5.46. The Morgan fingerprint density at radius 2 is 1.74 bits per heavy atom. The third-order valence-corrected chi connectivity index (χ3v) is 2.41. The van der Waals surface area contributed by atoms with Gasteiger partial charge in [0.2, 0.25) is 5.95 Å². The van der Waals surface area contributed by atoms with E-state index in [9.17, 15) is 9.59 Å². The number of aliphatic carboxylic acids is 2. The maximum absolute atomic E-state index is 10.7. The number of carboxylic acids is 2. The van der Waals surface area contributed by atoms with Crippen molar-refractivity contribution in [2.45, 2.75) is 0 Å². The number of nitrogens with zero attached hydrogens (tertiary/aromatic N) is 3. The first kappa shape index (κ1) is 12.7. The molecule has 0 bridgehead atoms. The van der Waals surface area contributed by atoms with Crippen LogP contribution in [-0.2, 0) is 9.59 Å². The van der Waals surface area contributed by atoms with E-state index in [2.05, 4.69) is 9.97 Å². The van der Waals surface area contributed by atoms with Crippen molar-refractivity contribution in [1.29, 1.82) is 0 Å². The SMILES string of the molecule is O=C(O)CN(CC(=O)O)c1ncc2ccccc2n1. The summed E-state index contributed by atoms with van der Waals surface area (Å²) in [6.07, 6.45) is 1.54. The van der Waals surface area contributed by atoms with E-state index in [1.54, 1.807) is 12.1 Å². The van der Waals surface area contributed by atoms with Crippen LogP contribution in [-0.4, -0.2) is 45.2 Å². The quantitative estimate of drug-likeness (QED) is 0.812. The zero-order chi connectivity index (χ0) is 13.8. The molecule has 0 radical (unpaired) electrons. The van der Waals surface area contributed by atoms with Crippen molar-refractivity contribution in [1.82, 2.24) is 9.97 Å². The Morgan fingerprint density at radius 1 is 1.11 bits per heavy atom. The summed E-state index contributed by atoms with van der Waals surface area (Å²) in [4.78, 5) is 30.7. The molecule has 1 aromatic heterocycles. The summed E-state index contributed by atoms with van der Waals surface area (Å²) in [7, 11) is 0. The second-order valence-corrected chi connectivity index (χ2v) is 3.87. The van der Waals surface area contributed by atoms with Crippen LogP contribution in [0.1, 0.15) is 0 Å². The highest BCUT2D eigenvalue weighted by Gasteiger charge is 2.16. The van der Waals surface area contributed by atoms with Gasteiger partial charge >= 0.3 is 11.9 Å². The number of anilines is 1. The number of hydrogen-bond donors (Lipinski definition) is 2. The minimum absolute atomic E-state index is 0.0866. The second-order valence-electron chi connectivity index (χ2n) is 3.87. The average molecular weight is 261 g/mol. The van der Waals surface area contributed by atoms with Gasteiger partial charge in [-0.3, -0.25) is 9.59 Å². The van der Waals surface area contributed by atoms with Gasteiger partial charge in [0, 0.05) is 11.6 Å². The summed E-state index contributed by atoms with van der Waals surface area (Å²) in [5.74, 6) is -2.19. The predicted molar refractivity (Wildman–Crippen MR) is 67.0 cm³/mol. The lowest BCUT2D eigenvalue weighted by Crippen LogP contribution is -2.35. The number of benzene rings is 1. The van der Waals surface area contributed by atoms with E-state index in [-0.39, 0.29) is 5.95 Å². The van der Waals surface area contributed by atoms with Crippen LogP contribution in [0.15, 0.2) is 30.5 Å². The second kappa shape index (κ2) is 5.30. The van der Waals surface area contributed by atoms with Crippen molar-refractivity contribution < 1.29 is 19.8 Å². The van der Waals surface area contributed by atoms with E-state index in [4.69, 9.17) is 10.2 Å². The van der Waals surface area contributed by atoms with Crippen molar-refractivity contribution in [2.75, 3.05) is 18.0 Å². The number of rotatable bonds is 5. The highest BCUT2D eigenvalue weighted by molar-refractivity contribution is 5.81. The van der Waals surface area contributed by atoms with Gasteiger partial charge in [-0.05, 0) is 6.07 Å². The summed E-state index contributed by atoms with van der Waals surface area (Å²) in [5.41, 5.74) is 0.633. The van der Waals surface area contributed by atoms with E-state index in [0.717, 1.165) is 10.3 Å². The van der Waals surface area contributed by atoms with Crippen LogP contribution in [0.5, 0.6) is 0 Å². The number of para-hydroxylation sites is 1. The monoisotopic (exact) mass is 261 g/mol. The number of carbonyl (C=O) groups is 2.